The molecule has 47 heavy (non-hydrogen) atoms. The lowest BCUT2D eigenvalue weighted by molar-refractivity contribution is -0.153. The van der Waals surface area contributed by atoms with Crippen molar-refractivity contribution in [1.82, 2.24) is 4.98 Å². The van der Waals surface area contributed by atoms with Crippen molar-refractivity contribution in [2.45, 2.75) is 51.6 Å². The first kappa shape index (κ1) is 36.6. The van der Waals surface area contributed by atoms with Gasteiger partial charge in [-0.2, -0.15) is 26.3 Å². The molecule has 0 spiro atoms. The number of hydrogen-bond donors (Lipinski definition) is 0. The van der Waals surface area contributed by atoms with Gasteiger partial charge in [-0.05, 0) is 31.2 Å². The fourth-order valence-corrected chi connectivity index (χ4v) is 4.82. The summed E-state index contributed by atoms with van der Waals surface area (Å²) in [6, 6.07) is 6.47. The highest BCUT2D eigenvalue weighted by Gasteiger charge is 2.37. The van der Waals surface area contributed by atoms with Crippen LogP contribution in [-0.4, -0.2) is 50.1 Å². The number of nitrogens with zero attached hydrogens (tertiary/aromatic N) is 1. The third kappa shape index (κ3) is 8.71. The Bertz CT molecular complexity index is 1560. The Kier molecular flexibility index (Phi) is 11.5. The standard InChI is InChI=1S/C32H31F6NO8/c1-16(13-23(41)28-29(47-18(3)40)24(43-4)11-12-39-28)30(42)46-17(2)27(21-9-7-19(31(33,34)35)14-25(21)44-5)22-10-8-20(32(36,37)38)15-26(22)45-6/h7-12,14-17,27H,13H2,1-6H3/t16-,17+/m1/s1. The summed E-state index contributed by atoms with van der Waals surface area (Å²) in [4.78, 5) is 42.0. The van der Waals surface area contributed by atoms with E-state index < -0.39 is 65.6 Å². The number of pyridine rings is 1. The molecule has 254 valence electrons. The summed E-state index contributed by atoms with van der Waals surface area (Å²) in [6.45, 7) is 3.86. The molecular weight excluding hydrogens is 640 g/mol. The van der Waals surface area contributed by atoms with Crippen LogP contribution in [0, 0.1) is 5.92 Å². The van der Waals surface area contributed by atoms with Gasteiger partial charge in [0.15, 0.2) is 17.2 Å². The van der Waals surface area contributed by atoms with Crippen LogP contribution in [0.25, 0.3) is 0 Å². The van der Waals surface area contributed by atoms with Crippen LogP contribution in [0.2, 0.25) is 0 Å². The molecule has 0 aliphatic carbocycles. The maximum absolute atomic E-state index is 13.5. The van der Waals surface area contributed by atoms with E-state index in [2.05, 4.69) is 4.98 Å². The Morgan fingerprint density at radius 2 is 1.26 bits per heavy atom. The maximum Gasteiger partial charge on any atom is 0.416 e. The molecule has 2 atom stereocenters. The lowest BCUT2D eigenvalue weighted by Crippen LogP contribution is -2.28. The number of carbonyl (C=O) groups is 3. The summed E-state index contributed by atoms with van der Waals surface area (Å²) < 4.78 is 107. The van der Waals surface area contributed by atoms with Gasteiger partial charge in [0, 0.05) is 36.7 Å². The number of Topliss-reactive ketones (excluding diaryl/α,β-unsaturated/α-hetero) is 1. The number of benzene rings is 2. The van der Waals surface area contributed by atoms with E-state index in [0.717, 1.165) is 57.5 Å². The van der Waals surface area contributed by atoms with Gasteiger partial charge in [0.1, 0.15) is 17.6 Å². The Labute approximate surface area is 265 Å². The molecule has 0 amide bonds. The quantitative estimate of drug-likeness (QED) is 0.114. The summed E-state index contributed by atoms with van der Waals surface area (Å²) in [5.41, 5.74) is -2.28. The van der Waals surface area contributed by atoms with Crippen LogP contribution in [0.1, 0.15) is 65.9 Å². The van der Waals surface area contributed by atoms with Crippen LogP contribution >= 0.6 is 0 Å². The molecule has 1 heterocycles. The molecule has 3 rings (SSSR count). The molecule has 9 nitrogen and oxygen atoms in total. The second kappa shape index (κ2) is 14.7. The van der Waals surface area contributed by atoms with Crippen LogP contribution in [-0.2, 0) is 26.7 Å². The molecule has 15 heteroatoms. The predicted octanol–water partition coefficient (Wildman–Crippen LogP) is 7.04. The number of carbonyl (C=O) groups excluding carboxylic acids is 3. The van der Waals surface area contributed by atoms with Gasteiger partial charge in [0.25, 0.3) is 0 Å². The Hall–Kier alpha value is -4.82. The molecule has 0 aliphatic heterocycles. The lowest BCUT2D eigenvalue weighted by atomic mass is 9.84. The number of methoxy groups -OCH3 is 3. The summed E-state index contributed by atoms with van der Waals surface area (Å²) in [5, 5.41) is 0. The highest BCUT2D eigenvalue weighted by Crippen LogP contribution is 2.44. The topological polar surface area (TPSA) is 110 Å². The van der Waals surface area contributed by atoms with Crippen molar-refractivity contribution in [1.29, 1.82) is 0 Å². The zero-order valence-electron chi connectivity index (χ0n) is 26.0. The minimum atomic E-state index is -4.74. The highest BCUT2D eigenvalue weighted by atomic mass is 19.4. The number of aromatic nitrogens is 1. The number of hydrogen-bond acceptors (Lipinski definition) is 9. The molecule has 0 fully saturated rings. The maximum atomic E-state index is 13.5. The molecule has 3 aromatic rings. The van der Waals surface area contributed by atoms with Crippen LogP contribution in [0.5, 0.6) is 23.0 Å². The normalized spacial score (nSPS) is 13.0. The van der Waals surface area contributed by atoms with E-state index in [1.54, 1.807) is 0 Å². The highest BCUT2D eigenvalue weighted by molar-refractivity contribution is 6.00. The number of halogens is 6. The minimum absolute atomic E-state index is 0.0428. The molecule has 0 radical (unpaired) electrons. The van der Waals surface area contributed by atoms with E-state index in [9.17, 15) is 40.7 Å². The molecule has 0 saturated heterocycles. The van der Waals surface area contributed by atoms with E-state index in [0.29, 0.717) is 0 Å². The average Bonchev–Trinajstić information content (AvgIpc) is 3.00. The second-order valence-corrected chi connectivity index (χ2v) is 10.3. The monoisotopic (exact) mass is 671 g/mol. The van der Waals surface area contributed by atoms with Crippen LogP contribution in [0.3, 0.4) is 0 Å². The molecule has 1 aromatic heterocycles. The van der Waals surface area contributed by atoms with Gasteiger partial charge >= 0.3 is 24.3 Å². The van der Waals surface area contributed by atoms with Crippen molar-refractivity contribution in [3.05, 3.63) is 76.6 Å². The number of ketones is 1. The second-order valence-electron chi connectivity index (χ2n) is 10.3. The molecule has 0 aliphatic rings. The van der Waals surface area contributed by atoms with Gasteiger partial charge in [-0.1, -0.05) is 19.1 Å². The smallest absolute Gasteiger partial charge is 0.416 e. The number of rotatable bonds is 12. The van der Waals surface area contributed by atoms with E-state index >= 15 is 0 Å². The molecule has 0 bridgehead atoms. The first-order valence-electron chi connectivity index (χ1n) is 13.9. The van der Waals surface area contributed by atoms with Crippen LogP contribution in [0.15, 0.2) is 48.7 Å². The predicted molar refractivity (Wildman–Crippen MR) is 154 cm³/mol. The third-order valence-corrected chi connectivity index (χ3v) is 7.06. The van der Waals surface area contributed by atoms with Gasteiger partial charge < -0.3 is 23.7 Å². The summed E-state index contributed by atoms with van der Waals surface area (Å²) in [5.74, 6) is -5.48. The zero-order chi connectivity index (χ0) is 35.3. The number of alkyl halides is 6. The van der Waals surface area contributed by atoms with Crippen molar-refractivity contribution in [3.63, 3.8) is 0 Å². The molecular formula is C32H31F6NO8. The fraction of sp³-hybridized carbons (Fsp3) is 0.375. The SMILES string of the molecule is COc1cc(C(F)(F)F)ccc1C(c1ccc(C(F)(F)F)cc1OC)[C@H](C)OC(=O)[C@H](C)CC(=O)c1nccc(OC)c1OC(C)=O. The summed E-state index contributed by atoms with van der Waals surface area (Å²) >= 11 is 0. The fourth-order valence-electron chi connectivity index (χ4n) is 4.82. The number of esters is 2. The van der Waals surface area contributed by atoms with Crippen LogP contribution in [0.4, 0.5) is 26.3 Å². The minimum Gasteiger partial charge on any atom is -0.496 e. The molecule has 0 saturated carbocycles. The van der Waals surface area contributed by atoms with Gasteiger partial charge in [-0.3, -0.25) is 14.4 Å². The third-order valence-electron chi connectivity index (χ3n) is 7.06. The first-order valence-corrected chi connectivity index (χ1v) is 13.9. The van der Waals surface area contributed by atoms with E-state index in [4.69, 9.17) is 23.7 Å². The van der Waals surface area contributed by atoms with Gasteiger partial charge in [-0.15, -0.1) is 0 Å². The lowest BCUT2D eigenvalue weighted by Gasteiger charge is -2.29. The molecule has 0 unspecified atom stereocenters. The largest absolute Gasteiger partial charge is 0.496 e. The van der Waals surface area contributed by atoms with E-state index in [-0.39, 0.29) is 39.8 Å². The van der Waals surface area contributed by atoms with Crippen molar-refractivity contribution in [2.75, 3.05) is 21.3 Å². The molecule has 2 aromatic carbocycles. The Morgan fingerprint density at radius 1 is 0.766 bits per heavy atom. The van der Waals surface area contributed by atoms with Gasteiger partial charge in [0.05, 0.1) is 44.3 Å². The van der Waals surface area contributed by atoms with E-state index in [1.165, 1.54) is 33.2 Å². The van der Waals surface area contributed by atoms with Gasteiger partial charge in [-0.25, -0.2) is 4.98 Å². The zero-order valence-corrected chi connectivity index (χ0v) is 26.0. The summed E-state index contributed by atoms with van der Waals surface area (Å²) in [6.07, 6.45) is -9.95. The Morgan fingerprint density at radius 3 is 1.68 bits per heavy atom. The number of ether oxygens (including phenoxy) is 5. The Balaban J connectivity index is 2.01. The average molecular weight is 672 g/mol. The summed E-state index contributed by atoms with van der Waals surface area (Å²) in [7, 11) is 3.51. The first-order chi connectivity index (χ1) is 21.9. The van der Waals surface area contributed by atoms with Crippen molar-refractivity contribution < 1.29 is 64.4 Å². The molecule has 0 N–H and O–H groups in total. The van der Waals surface area contributed by atoms with Crippen LogP contribution < -0.4 is 18.9 Å². The van der Waals surface area contributed by atoms with Crippen molar-refractivity contribution in [3.8, 4) is 23.0 Å². The van der Waals surface area contributed by atoms with Crippen molar-refractivity contribution in [2.24, 2.45) is 5.92 Å². The van der Waals surface area contributed by atoms with E-state index in [1.807, 2.05) is 0 Å². The van der Waals surface area contributed by atoms with Crippen molar-refractivity contribution >= 4 is 17.7 Å². The van der Waals surface area contributed by atoms with Gasteiger partial charge in [0.2, 0.25) is 5.75 Å².